The fourth-order valence-electron chi connectivity index (χ4n) is 2.00. The van der Waals surface area contributed by atoms with Gasteiger partial charge in [0.15, 0.2) is 9.84 Å². The normalized spacial score (nSPS) is 20.9. The third kappa shape index (κ3) is 3.10. The molecule has 0 bridgehead atoms. The second kappa shape index (κ2) is 5.38. The molecule has 5 heteroatoms. The maximum Gasteiger partial charge on any atom is 0.180 e. The van der Waals surface area contributed by atoms with Gasteiger partial charge in [0, 0.05) is 12.6 Å². The summed E-state index contributed by atoms with van der Waals surface area (Å²) in [4.78, 5) is 0.401. The van der Waals surface area contributed by atoms with Gasteiger partial charge in [-0.1, -0.05) is 6.07 Å². The minimum absolute atomic E-state index is 0.0928. The van der Waals surface area contributed by atoms with E-state index in [9.17, 15) is 8.42 Å². The van der Waals surface area contributed by atoms with Crippen LogP contribution in [0.25, 0.3) is 0 Å². The molecule has 1 aromatic carbocycles. The molecular weight excluding hydrogens is 250 g/mol. The quantitative estimate of drug-likeness (QED) is 0.891. The van der Waals surface area contributed by atoms with Gasteiger partial charge >= 0.3 is 0 Å². The number of hydrogen-bond acceptors (Lipinski definition) is 4. The van der Waals surface area contributed by atoms with Gasteiger partial charge in [0.2, 0.25) is 0 Å². The van der Waals surface area contributed by atoms with Crippen LogP contribution >= 0.6 is 0 Å². The lowest BCUT2D eigenvalue weighted by atomic mass is 10.1. The summed E-state index contributed by atoms with van der Waals surface area (Å²) in [7, 11) is -3.24. The highest BCUT2D eigenvalue weighted by Gasteiger charge is 2.23. The molecule has 0 aromatic heterocycles. The van der Waals surface area contributed by atoms with Crippen LogP contribution in [0.3, 0.4) is 0 Å². The van der Waals surface area contributed by atoms with Crippen molar-refractivity contribution in [1.82, 2.24) is 5.32 Å². The molecule has 0 aliphatic carbocycles. The van der Waals surface area contributed by atoms with Crippen LogP contribution in [0.5, 0.6) is 0 Å². The second-order valence-electron chi connectivity index (χ2n) is 4.75. The fourth-order valence-corrected chi connectivity index (χ4v) is 3.56. The van der Waals surface area contributed by atoms with Crippen LogP contribution in [-0.2, 0) is 14.6 Å². The van der Waals surface area contributed by atoms with E-state index < -0.39 is 9.84 Å². The maximum absolute atomic E-state index is 12.3. The zero-order valence-electron chi connectivity index (χ0n) is 10.8. The van der Waals surface area contributed by atoms with Crippen molar-refractivity contribution in [3.8, 4) is 0 Å². The van der Waals surface area contributed by atoms with Crippen molar-refractivity contribution >= 4 is 9.84 Å². The van der Waals surface area contributed by atoms with Gasteiger partial charge in [-0.3, -0.25) is 0 Å². The Morgan fingerprint density at radius 3 is 2.72 bits per heavy atom. The van der Waals surface area contributed by atoms with Gasteiger partial charge in [-0.15, -0.1) is 0 Å². The molecule has 1 aliphatic rings. The van der Waals surface area contributed by atoms with Crippen molar-refractivity contribution < 1.29 is 13.2 Å². The average Bonchev–Trinajstić information content (AvgIpc) is 2.33. The highest BCUT2D eigenvalue weighted by Crippen LogP contribution is 2.17. The monoisotopic (exact) mass is 269 g/mol. The third-order valence-electron chi connectivity index (χ3n) is 3.26. The fraction of sp³-hybridized carbons (Fsp3) is 0.538. The van der Waals surface area contributed by atoms with Crippen LogP contribution in [0.1, 0.15) is 11.1 Å². The van der Waals surface area contributed by atoms with Crippen molar-refractivity contribution in [2.75, 3.05) is 25.5 Å². The van der Waals surface area contributed by atoms with Gasteiger partial charge in [-0.2, -0.15) is 0 Å². The van der Waals surface area contributed by atoms with E-state index >= 15 is 0 Å². The van der Waals surface area contributed by atoms with Crippen molar-refractivity contribution in [3.63, 3.8) is 0 Å². The topological polar surface area (TPSA) is 55.4 Å². The SMILES string of the molecule is Cc1ccc(S(=O)(=O)CC2COCCN2)cc1C. The van der Waals surface area contributed by atoms with Crippen molar-refractivity contribution in [2.45, 2.75) is 24.8 Å². The molecule has 0 spiro atoms. The molecule has 1 heterocycles. The summed E-state index contributed by atoms with van der Waals surface area (Å²) < 4.78 is 29.8. The first-order valence-corrected chi connectivity index (χ1v) is 7.75. The van der Waals surface area contributed by atoms with E-state index in [1.807, 2.05) is 19.9 Å². The van der Waals surface area contributed by atoms with E-state index in [0.717, 1.165) is 11.1 Å². The van der Waals surface area contributed by atoms with Gasteiger partial charge in [0.25, 0.3) is 0 Å². The van der Waals surface area contributed by atoms with Crippen molar-refractivity contribution in [3.05, 3.63) is 29.3 Å². The predicted molar refractivity (Wildman–Crippen MR) is 70.6 cm³/mol. The Hall–Kier alpha value is -0.910. The minimum atomic E-state index is -3.24. The Labute approximate surface area is 108 Å². The Balaban J connectivity index is 2.16. The number of ether oxygens (including phenoxy) is 1. The van der Waals surface area contributed by atoms with Crippen molar-refractivity contribution in [2.24, 2.45) is 0 Å². The van der Waals surface area contributed by atoms with Crippen LogP contribution in [0.2, 0.25) is 0 Å². The van der Waals surface area contributed by atoms with Crippen LogP contribution in [-0.4, -0.2) is 40.0 Å². The Bertz CT molecular complexity index is 519. The average molecular weight is 269 g/mol. The van der Waals surface area contributed by atoms with Gasteiger partial charge < -0.3 is 10.1 Å². The molecule has 0 saturated carbocycles. The molecule has 1 saturated heterocycles. The van der Waals surface area contributed by atoms with E-state index in [2.05, 4.69) is 5.32 Å². The molecule has 2 rings (SSSR count). The summed E-state index contributed by atoms with van der Waals surface area (Å²) in [5.74, 6) is 0.0928. The van der Waals surface area contributed by atoms with E-state index in [1.165, 1.54) is 0 Å². The molecule has 1 N–H and O–H groups in total. The maximum atomic E-state index is 12.3. The summed E-state index contributed by atoms with van der Waals surface area (Å²) in [5.41, 5.74) is 2.11. The summed E-state index contributed by atoms with van der Waals surface area (Å²) in [6.45, 7) is 5.73. The standard InChI is InChI=1S/C13H19NO3S/c1-10-3-4-13(7-11(10)2)18(15,16)9-12-8-17-6-5-14-12/h3-4,7,12,14H,5-6,8-9H2,1-2H3. The number of rotatable bonds is 3. The molecule has 1 aliphatic heterocycles. The first-order valence-electron chi connectivity index (χ1n) is 6.10. The number of hydrogen-bond donors (Lipinski definition) is 1. The zero-order chi connectivity index (χ0) is 13.2. The van der Waals surface area contributed by atoms with Gasteiger partial charge in [-0.25, -0.2) is 8.42 Å². The Morgan fingerprint density at radius 2 is 2.11 bits per heavy atom. The van der Waals surface area contributed by atoms with Crippen molar-refractivity contribution in [1.29, 1.82) is 0 Å². The molecule has 18 heavy (non-hydrogen) atoms. The molecule has 0 radical (unpaired) electrons. The highest BCUT2D eigenvalue weighted by molar-refractivity contribution is 7.91. The van der Waals surface area contributed by atoms with Crippen LogP contribution in [0.4, 0.5) is 0 Å². The van der Waals surface area contributed by atoms with Crippen LogP contribution in [0, 0.1) is 13.8 Å². The Morgan fingerprint density at radius 1 is 1.33 bits per heavy atom. The molecule has 4 nitrogen and oxygen atoms in total. The predicted octanol–water partition coefficient (Wildman–Crippen LogP) is 1.07. The smallest absolute Gasteiger partial charge is 0.180 e. The minimum Gasteiger partial charge on any atom is -0.378 e. The molecular formula is C13H19NO3S. The lowest BCUT2D eigenvalue weighted by Gasteiger charge is -2.23. The second-order valence-corrected chi connectivity index (χ2v) is 6.79. The summed E-state index contributed by atoms with van der Waals surface area (Å²) in [5, 5.41) is 3.17. The summed E-state index contributed by atoms with van der Waals surface area (Å²) >= 11 is 0. The highest BCUT2D eigenvalue weighted by atomic mass is 32.2. The Kier molecular flexibility index (Phi) is 4.04. The van der Waals surface area contributed by atoms with Gasteiger partial charge in [0.1, 0.15) is 0 Å². The zero-order valence-corrected chi connectivity index (χ0v) is 11.6. The number of benzene rings is 1. The first-order chi connectivity index (χ1) is 8.49. The molecule has 0 amide bonds. The van der Waals surface area contributed by atoms with Gasteiger partial charge in [0.05, 0.1) is 23.9 Å². The molecule has 1 unspecified atom stereocenters. The molecule has 100 valence electrons. The first kappa shape index (κ1) is 13.5. The molecule has 1 fully saturated rings. The molecule has 1 aromatic rings. The largest absolute Gasteiger partial charge is 0.378 e. The lowest BCUT2D eigenvalue weighted by molar-refractivity contribution is 0.0832. The number of morpholine rings is 1. The number of nitrogens with one attached hydrogen (secondary N) is 1. The summed E-state index contributed by atoms with van der Waals surface area (Å²) in [6.07, 6.45) is 0. The van der Waals surface area contributed by atoms with Gasteiger partial charge in [-0.05, 0) is 37.1 Å². The number of sulfone groups is 1. The van der Waals surface area contributed by atoms with E-state index in [1.54, 1.807) is 12.1 Å². The van der Waals surface area contributed by atoms with Crippen LogP contribution in [0.15, 0.2) is 23.1 Å². The summed E-state index contributed by atoms with van der Waals surface area (Å²) in [6, 6.07) is 5.17. The van der Waals surface area contributed by atoms with E-state index in [4.69, 9.17) is 4.74 Å². The van der Waals surface area contributed by atoms with E-state index in [-0.39, 0.29) is 11.8 Å². The van der Waals surface area contributed by atoms with Crippen LogP contribution < -0.4 is 5.32 Å². The lowest BCUT2D eigenvalue weighted by Crippen LogP contribution is -2.45. The van der Waals surface area contributed by atoms with E-state index in [0.29, 0.717) is 24.7 Å². The third-order valence-corrected chi connectivity index (χ3v) is 5.07. The molecule has 1 atom stereocenters. The number of aryl methyl sites for hydroxylation is 2.